The maximum atomic E-state index is 12.8. The highest BCUT2D eigenvalue weighted by molar-refractivity contribution is 7.47. The molecular formula is C45H79O13P. The van der Waals surface area contributed by atoms with E-state index in [0.29, 0.717) is 19.3 Å². The summed E-state index contributed by atoms with van der Waals surface area (Å²) in [6, 6.07) is 0. The molecule has 0 aromatic heterocycles. The molecule has 1 aliphatic carbocycles. The Hall–Kier alpha value is -2.19. The van der Waals surface area contributed by atoms with Crippen LogP contribution in [-0.4, -0.2) is 98.3 Å². The van der Waals surface area contributed by atoms with Gasteiger partial charge >= 0.3 is 19.8 Å². The summed E-state index contributed by atoms with van der Waals surface area (Å²) in [5.74, 6) is -1.16. The summed E-state index contributed by atoms with van der Waals surface area (Å²) in [6.45, 7) is 3.21. The summed E-state index contributed by atoms with van der Waals surface area (Å²) in [7, 11) is -5.13. The molecule has 0 bridgehead atoms. The van der Waals surface area contributed by atoms with Crippen LogP contribution in [0.5, 0.6) is 0 Å². The van der Waals surface area contributed by atoms with Crippen molar-refractivity contribution in [1.82, 2.24) is 0 Å². The van der Waals surface area contributed by atoms with Crippen molar-refractivity contribution in [2.75, 3.05) is 13.2 Å². The quantitative estimate of drug-likeness (QED) is 0.0152. The lowest BCUT2D eigenvalue weighted by Gasteiger charge is -2.41. The van der Waals surface area contributed by atoms with Gasteiger partial charge in [-0.15, -0.1) is 0 Å². The van der Waals surface area contributed by atoms with Crippen LogP contribution in [0, 0.1) is 0 Å². The van der Waals surface area contributed by atoms with E-state index < -0.39 is 75.7 Å². The fourth-order valence-corrected chi connectivity index (χ4v) is 7.49. The molecule has 8 atom stereocenters. The highest BCUT2D eigenvalue weighted by atomic mass is 31.2. The number of hydrogen-bond acceptors (Lipinski definition) is 12. The molecule has 13 nitrogen and oxygen atoms in total. The lowest BCUT2D eigenvalue weighted by atomic mass is 9.85. The molecule has 6 N–H and O–H groups in total. The Morgan fingerprint density at radius 3 is 1.44 bits per heavy atom. The summed E-state index contributed by atoms with van der Waals surface area (Å²) in [6.07, 6.45) is 27.5. The SMILES string of the molecule is CCCCCC=CCC=CCC=CCC=CCCCC(=O)O[C@H](COC(=O)CCCCCCCCCCCCCCC)COP(=O)(O)OC1C(O)C(O)C(O)[C@@H](O)C1O. The summed E-state index contributed by atoms with van der Waals surface area (Å²) in [5.41, 5.74) is 0. The molecule has 1 aliphatic rings. The van der Waals surface area contributed by atoms with Gasteiger partial charge in [0.1, 0.15) is 43.2 Å². The zero-order chi connectivity index (χ0) is 43.6. The molecule has 342 valence electrons. The van der Waals surface area contributed by atoms with Crippen molar-refractivity contribution in [3.8, 4) is 0 Å². The molecule has 0 saturated heterocycles. The topological polar surface area (TPSA) is 210 Å². The second kappa shape index (κ2) is 35.4. The van der Waals surface area contributed by atoms with Crippen LogP contribution in [0.25, 0.3) is 0 Å². The summed E-state index contributed by atoms with van der Waals surface area (Å²) < 4.78 is 33.4. The van der Waals surface area contributed by atoms with Crippen LogP contribution in [0.1, 0.15) is 168 Å². The van der Waals surface area contributed by atoms with Crippen molar-refractivity contribution in [3.05, 3.63) is 48.6 Å². The van der Waals surface area contributed by atoms with Crippen LogP contribution in [0.4, 0.5) is 0 Å². The van der Waals surface area contributed by atoms with E-state index in [1.54, 1.807) is 0 Å². The first kappa shape index (κ1) is 54.8. The van der Waals surface area contributed by atoms with Gasteiger partial charge in [-0.25, -0.2) is 4.57 Å². The average Bonchev–Trinajstić information content (AvgIpc) is 3.21. The van der Waals surface area contributed by atoms with Gasteiger partial charge in [0, 0.05) is 12.8 Å². The number of phosphoric ester groups is 1. The summed E-state index contributed by atoms with van der Waals surface area (Å²) in [4.78, 5) is 35.6. The molecule has 0 heterocycles. The van der Waals surface area contributed by atoms with Gasteiger partial charge < -0.3 is 39.9 Å². The van der Waals surface area contributed by atoms with Crippen molar-refractivity contribution >= 4 is 19.8 Å². The minimum Gasteiger partial charge on any atom is -0.462 e. The van der Waals surface area contributed by atoms with Gasteiger partial charge in [-0.05, 0) is 51.4 Å². The van der Waals surface area contributed by atoms with Crippen molar-refractivity contribution in [3.63, 3.8) is 0 Å². The largest absolute Gasteiger partial charge is 0.472 e. The van der Waals surface area contributed by atoms with Crippen molar-refractivity contribution in [2.45, 2.75) is 211 Å². The molecule has 0 radical (unpaired) electrons. The number of esters is 2. The third-order valence-electron chi connectivity index (χ3n) is 10.2. The molecular weight excluding hydrogens is 779 g/mol. The zero-order valence-electron chi connectivity index (χ0n) is 36.0. The van der Waals surface area contributed by atoms with Gasteiger partial charge in [-0.3, -0.25) is 18.6 Å². The minimum atomic E-state index is -5.13. The minimum absolute atomic E-state index is 0.0211. The first-order valence-corrected chi connectivity index (χ1v) is 23.9. The number of rotatable bonds is 36. The number of aliphatic hydroxyl groups is 5. The normalized spacial score (nSPS) is 22.8. The number of carbonyl (C=O) groups is 2. The lowest BCUT2D eigenvalue weighted by Crippen LogP contribution is -2.64. The highest BCUT2D eigenvalue weighted by Crippen LogP contribution is 2.47. The Bertz CT molecular complexity index is 1220. The van der Waals surface area contributed by atoms with Gasteiger partial charge in [0.05, 0.1) is 6.61 Å². The number of unbranched alkanes of at least 4 members (excludes halogenated alkanes) is 16. The Kier molecular flexibility index (Phi) is 32.9. The molecule has 0 aromatic rings. The van der Waals surface area contributed by atoms with E-state index in [1.807, 2.05) is 12.2 Å². The fraction of sp³-hybridized carbons (Fsp3) is 0.778. The monoisotopic (exact) mass is 859 g/mol. The number of ether oxygens (including phenoxy) is 2. The molecule has 0 aromatic carbocycles. The number of allylic oxidation sites excluding steroid dienone is 8. The molecule has 1 rings (SSSR count). The van der Waals surface area contributed by atoms with E-state index in [1.165, 1.54) is 77.0 Å². The van der Waals surface area contributed by atoms with Gasteiger partial charge in [0.25, 0.3) is 0 Å². The van der Waals surface area contributed by atoms with Crippen LogP contribution >= 0.6 is 7.82 Å². The van der Waals surface area contributed by atoms with Crippen LogP contribution in [0.3, 0.4) is 0 Å². The Balaban J connectivity index is 2.53. The van der Waals surface area contributed by atoms with Crippen molar-refractivity contribution in [1.29, 1.82) is 0 Å². The van der Waals surface area contributed by atoms with Gasteiger partial charge in [-0.1, -0.05) is 152 Å². The Morgan fingerprint density at radius 1 is 0.525 bits per heavy atom. The van der Waals surface area contributed by atoms with E-state index >= 15 is 0 Å². The van der Waals surface area contributed by atoms with E-state index in [0.717, 1.165) is 44.9 Å². The highest BCUT2D eigenvalue weighted by Gasteiger charge is 2.51. The first-order valence-electron chi connectivity index (χ1n) is 22.4. The molecule has 1 fully saturated rings. The van der Waals surface area contributed by atoms with Crippen LogP contribution in [0.15, 0.2) is 48.6 Å². The predicted octanol–water partition coefficient (Wildman–Crippen LogP) is 8.39. The average molecular weight is 859 g/mol. The molecule has 0 amide bonds. The number of hydrogen-bond donors (Lipinski definition) is 6. The van der Waals surface area contributed by atoms with Crippen LogP contribution in [0.2, 0.25) is 0 Å². The third-order valence-corrected chi connectivity index (χ3v) is 11.2. The summed E-state index contributed by atoms with van der Waals surface area (Å²) in [5, 5.41) is 50.1. The second-order valence-corrected chi connectivity index (χ2v) is 17.0. The van der Waals surface area contributed by atoms with Crippen LogP contribution in [-0.2, 0) is 32.7 Å². The van der Waals surface area contributed by atoms with Gasteiger partial charge in [0.15, 0.2) is 6.10 Å². The fourth-order valence-electron chi connectivity index (χ4n) is 6.51. The third kappa shape index (κ3) is 28.1. The van der Waals surface area contributed by atoms with E-state index in [4.69, 9.17) is 18.5 Å². The number of carbonyl (C=O) groups excluding carboxylic acids is 2. The number of phosphoric acid groups is 1. The van der Waals surface area contributed by atoms with Crippen molar-refractivity contribution < 1.29 is 63.1 Å². The Labute approximate surface area is 354 Å². The van der Waals surface area contributed by atoms with Crippen molar-refractivity contribution in [2.24, 2.45) is 0 Å². The molecule has 6 unspecified atom stereocenters. The van der Waals surface area contributed by atoms with Crippen LogP contribution < -0.4 is 0 Å². The lowest BCUT2D eigenvalue weighted by molar-refractivity contribution is -0.220. The van der Waals surface area contributed by atoms with E-state index in [-0.39, 0.29) is 12.8 Å². The molecule has 59 heavy (non-hydrogen) atoms. The standard InChI is InChI=1S/C45H79O13P/c1-3-5-7-9-11-13-15-17-18-19-20-22-24-26-28-30-32-34-39(47)57-37(36-56-59(53,54)58-45-43(51)41(49)40(48)42(50)44(45)52)35-55-38(46)33-31-29-27-25-23-21-16-14-12-10-8-6-4-2/h11,13,17-18,20,22,26,28,37,40-45,48-52H,3-10,12,14-16,19,21,23-25,27,29-36H2,1-2H3,(H,53,54)/t37-,40?,41-,42?,43?,44?,45?/m1/s1. The van der Waals surface area contributed by atoms with Gasteiger partial charge in [0.2, 0.25) is 0 Å². The summed E-state index contributed by atoms with van der Waals surface area (Å²) >= 11 is 0. The molecule has 0 aliphatic heterocycles. The first-order chi connectivity index (χ1) is 28.4. The zero-order valence-corrected chi connectivity index (χ0v) is 36.9. The molecule has 1 saturated carbocycles. The molecule has 0 spiro atoms. The predicted molar refractivity (Wildman–Crippen MR) is 230 cm³/mol. The van der Waals surface area contributed by atoms with Gasteiger partial charge in [-0.2, -0.15) is 0 Å². The van der Waals surface area contributed by atoms with E-state index in [9.17, 15) is 44.6 Å². The second-order valence-electron chi connectivity index (χ2n) is 15.6. The van der Waals surface area contributed by atoms with E-state index in [2.05, 4.69) is 50.3 Å². The smallest absolute Gasteiger partial charge is 0.462 e. The maximum absolute atomic E-state index is 12.8. The maximum Gasteiger partial charge on any atom is 0.472 e. The number of aliphatic hydroxyl groups excluding tert-OH is 5. The molecule has 14 heteroatoms. The Morgan fingerprint density at radius 2 is 0.932 bits per heavy atom.